The Labute approximate surface area is 122 Å². The fourth-order valence-corrected chi connectivity index (χ4v) is 1.36. The van der Waals surface area contributed by atoms with Gasteiger partial charge in [-0.15, -0.1) is 0 Å². The Hall–Kier alpha value is -2.55. The lowest BCUT2D eigenvalue weighted by Crippen LogP contribution is -2.32. The molecular formula is C15H16FNO4. The number of hydrogen-bond donors (Lipinski definition) is 2. The number of benzene rings is 1. The number of carboxylic acid groups (broad SMARTS) is 1. The first-order chi connectivity index (χ1) is 9.67. The molecular weight excluding hydrogens is 277 g/mol. The molecule has 21 heavy (non-hydrogen) atoms. The SMILES string of the molecule is CC(C)(C)OC(=O)NCC#Cc1cc(F)cc(C(=O)O)c1. The zero-order valence-electron chi connectivity index (χ0n) is 12.0. The van der Waals surface area contributed by atoms with E-state index in [2.05, 4.69) is 17.2 Å². The Bertz CT molecular complexity index is 608. The summed E-state index contributed by atoms with van der Waals surface area (Å²) in [5, 5.41) is 11.2. The van der Waals surface area contributed by atoms with Crippen molar-refractivity contribution >= 4 is 12.1 Å². The molecule has 2 N–H and O–H groups in total. The lowest BCUT2D eigenvalue weighted by Gasteiger charge is -2.18. The number of rotatable bonds is 2. The van der Waals surface area contributed by atoms with Gasteiger partial charge in [0.15, 0.2) is 0 Å². The van der Waals surface area contributed by atoms with Gasteiger partial charge in [0.2, 0.25) is 0 Å². The van der Waals surface area contributed by atoms with Crippen LogP contribution in [0.25, 0.3) is 0 Å². The molecule has 0 aliphatic heterocycles. The molecule has 0 atom stereocenters. The first-order valence-electron chi connectivity index (χ1n) is 6.17. The summed E-state index contributed by atoms with van der Waals surface area (Å²) in [6.07, 6.45) is -0.609. The van der Waals surface area contributed by atoms with Crippen LogP contribution < -0.4 is 5.32 Å². The largest absolute Gasteiger partial charge is 0.478 e. The molecule has 5 nitrogen and oxygen atoms in total. The summed E-state index contributed by atoms with van der Waals surface area (Å²) in [6.45, 7) is 5.21. The van der Waals surface area contributed by atoms with Crippen LogP contribution in [0.2, 0.25) is 0 Å². The van der Waals surface area contributed by atoms with Gasteiger partial charge < -0.3 is 15.2 Å². The van der Waals surface area contributed by atoms with E-state index in [1.54, 1.807) is 20.8 Å². The molecule has 1 amide bonds. The number of halogens is 1. The highest BCUT2D eigenvalue weighted by Gasteiger charge is 2.15. The van der Waals surface area contributed by atoms with E-state index in [1.165, 1.54) is 6.07 Å². The van der Waals surface area contributed by atoms with Crippen LogP contribution in [0.3, 0.4) is 0 Å². The quantitative estimate of drug-likeness (QED) is 0.821. The molecule has 0 heterocycles. The van der Waals surface area contributed by atoms with E-state index in [0.29, 0.717) is 0 Å². The van der Waals surface area contributed by atoms with E-state index in [9.17, 15) is 14.0 Å². The van der Waals surface area contributed by atoms with E-state index >= 15 is 0 Å². The average Bonchev–Trinajstić information content (AvgIpc) is 2.31. The fraction of sp³-hybridized carbons (Fsp3) is 0.333. The van der Waals surface area contributed by atoms with Crippen molar-refractivity contribution < 1.29 is 23.8 Å². The van der Waals surface area contributed by atoms with E-state index < -0.39 is 23.5 Å². The van der Waals surface area contributed by atoms with E-state index in [-0.39, 0.29) is 17.7 Å². The Kier molecular flexibility index (Phi) is 5.30. The highest BCUT2D eigenvalue weighted by molar-refractivity contribution is 5.88. The molecule has 0 aromatic heterocycles. The molecule has 0 bridgehead atoms. The van der Waals surface area contributed by atoms with Gasteiger partial charge in [0, 0.05) is 5.56 Å². The van der Waals surface area contributed by atoms with Crippen molar-refractivity contribution in [2.24, 2.45) is 0 Å². The van der Waals surface area contributed by atoms with Crippen LogP contribution in [0.5, 0.6) is 0 Å². The van der Waals surface area contributed by atoms with Crippen molar-refractivity contribution in [3.8, 4) is 11.8 Å². The molecule has 112 valence electrons. The van der Waals surface area contributed by atoms with Gasteiger partial charge in [-0.1, -0.05) is 11.8 Å². The summed E-state index contributed by atoms with van der Waals surface area (Å²) in [4.78, 5) is 22.1. The molecule has 0 aliphatic rings. The lowest BCUT2D eigenvalue weighted by atomic mass is 10.1. The number of carboxylic acids is 1. The normalized spacial score (nSPS) is 10.3. The summed E-state index contributed by atoms with van der Waals surface area (Å²) >= 11 is 0. The summed E-state index contributed by atoms with van der Waals surface area (Å²) in [5.74, 6) is 3.25. The van der Waals surface area contributed by atoms with E-state index in [4.69, 9.17) is 9.84 Å². The van der Waals surface area contributed by atoms with Gasteiger partial charge in [-0.3, -0.25) is 0 Å². The van der Waals surface area contributed by atoms with Crippen molar-refractivity contribution in [2.75, 3.05) is 6.54 Å². The maximum Gasteiger partial charge on any atom is 0.408 e. The predicted molar refractivity (Wildman–Crippen MR) is 74.5 cm³/mol. The smallest absolute Gasteiger partial charge is 0.408 e. The number of carbonyl (C=O) groups is 2. The summed E-state index contributed by atoms with van der Waals surface area (Å²) in [6, 6.07) is 3.28. The Morgan fingerprint density at radius 2 is 2.00 bits per heavy atom. The molecule has 6 heteroatoms. The van der Waals surface area contributed by atoms with Gasteiger partial charge in [0.25, 0.3) is 0 Å². The molecule has 1 aromatic carbocycles. The number of hydrogen-bond acceptors (Lipinski definition) is 3. The second-order valence-corrected chi connectivity index (χ2v) is 5.19. The zero-order valence-corrected chi connectivity index (χ0v) is 12.0. The lowest BCUT2D eigenvalue weighted by molar-refractivity contribution is 0.0534. The van der Waals surface area contributed by atoms with Crippen LogP contribution in [-0.2, 0) is 4.74 Å². The number of ether oxygens (including phenoxy) is 1. The molecule has 1 rings (SSSR count). The van der Waals surface area contributed by atoms with Crippen molar-refractivity contribution in [3.63, 3.8) is 0 Å². The van der Waals surface area contributed by atoms with Crippen LogP contribution in [0, 0.1) is 17.7 Å². The molecule has 0 radical (unpaired) electrons. The molecule has 1 aromatic rings. The van der Waals surface area contributed by atoms with Gasteiger partial charge in [-0.05, 0) is 39.0 Å². The van der Waals surface area contributed by atoms with Gasteiger partial charge in [0.05, 0.1) is 12.1 Å². The summed E-state index contributed by atoms with van der Waals surface area (Å²) in [7, 11) is 0. The highest BCUT2D eigenvalue weighted by Crippen LogP contribution is 2.08. The average molecular weight is 293 g/mol. The number of nitrogens with one attached hydrogen (secondary N) is 1. The molecule has 0 aliphatic carbocycles. The molecule has 0 fully saturated rings. The monoisotopic (exact) mass is 293 g/mol. The first kappa shape index (κ1) is 16.5. The van der Waals surface area contributed by atoms with E-state index in [1.807, 2.05) is 0 Å². The second kappa shape index (κ2) is 6.75. The second-order valence-electron chi connectivity index (χ2n) is 5.19. The minimum Gasteiger partial charge on any atom is -0.478 e. The Balaban J connectivity index is 2.63. The summed E-state index contributed by atoms with van der Waals surface area (Å²) < 4.78 is 18.2. The molecule has 0 spiro atoms. The number of amides is 1. The minimum absolute atomic E-state index is 0.00777. The fourth-order valence-electron chi connectivity index (χ4n) is 1.36. The minimum atomic E-state index is -1.23. The molecule has 0 saturated heterocycles. The van der Waals surface area contributed by atoms with Gasteiger partial charge >= 0.3 is 12.1 Å². The van der Waals surface area contributed by atoms with Crippen LogP contribution in [0.1, 0.15) is 36.7 Å². The third kappa shape index (κ3) is 6.43. The van der Waals surface area contributed by atoms with Crippen LogP contribution in [0.4, 0.5) is 9.18 Å². The number of aromatic carboxylic acids is 1. The third-order valence-electron chi connectivity index (χ3n) is 2.10. The maximum absolute atomic E-state index is 13.2. The van der Waals surface area contributed by atoms with Crippen molar-refractivity contribution in [1.29, 1.82) is 0 Å². The maximum atomic E-state index is 13.2. The van der Waals surface area contributed by atoms with Gasteiger partial charge in [0.1, 0.15) is 11.4 Å². The van der Waals surface area contributed by atoms with Crippen molar-refractivity contribution in [3.05, 3.63) is 35.1 Å². The number of alkyl carbamates (subject to hydrolysis) is 1. The van der Waals surface area contributed by atoms with Gasteiger partial charge in [-0.2, -0.15) is 0 Å². The number of carbonyl (C=O) groups excluding carboxylic acids is 1. The van der Waals surface area contributed by atoms with E-state index in [0.717, 1.165) is 12.1 Å². The third-order valence-corrected chi connectivity index (χ3v) is 2.10. The standard InChI is InChI=1S/C15H16FNO4/c1-15(2,3)21-14(20)17-6-4-5-10-7-11(13(18)19)9-12(16)8-10/h7-9H,6H2,1-3H3,(H,17,20)(H,18,19). The van der Waals surface area contributed by atoms with Gasteiger partial charge in [-0.25, -0.2) is 14.0 Å². The zero-order chi connectivity index (χ0) is 16.0. The molecule has 0 saturated carbocycles. The Morgan fingerprint density at radius 1 is 1.33 bits per heavy atom. The van der Waals surface area contributed by atoms with Crippen molar-refractivity contribution in [1.82, 2.24) is 5.32 Å². The van der Waals surface area contributed by atoms with Crippen LogP contribution >= 0.6 is 0 Å². The topological polar surface area (TPSA) is 75.6 Å². The van der Waals surface area contributed by atoms with Crippen molar-refractivity contribution in [2.45, 2.75) is 26.4 Å². The first-order valence-corrected chi connectivity index (χ1v) is 6.17. The van der Waals surface area contributed by atoms with Crippen LogP contribution in [0.15, 0.2) is 18.2 Å². The molecule has 0 unspecified atom stereocenters. The summed E-state index contributed by atoms with van der Waals surface area (Å²) in [5.41, 5.74) is -0.561. The van der Waals surface area contributed by atoms with Crippen LogP contribution in [-0.4, -0.2) is 29.3 Å². The predicted octanol–water partition coefficient (Wildman–Crippen LogP) is 2.40. The Morgan fingerprint density at radius 3 is 2.57 bits per heavy atom. The highest BCUT2D eigenvalue weighted by atomic mass is 19.1.